The lowest BCUT2D eigenvalue weighted by Gasteiger charge is -2.19. The average Bonchev–Trinajstić information content (AvgIpc) is 2.20. The van der Waals surface area contributed by atoms with Crippen LogP contribution in [0.2, 0.25) is 0 Å². The number of halogens is 1. The van der Waals surface area contributed by atoms with Gasteiger partial charge in [-0.3, -0.25) is 4.79 Å². The molecule has 1 aromatic carbocycles. The third-order valence-corrected chi connectivity index (χ3v) is 2.15. The second kappa shape index (κ2) is 5.82. The van der Waals surface area contributed by atoms with Crippen LogP contribution in [0.4, 0.5) is 15.8 Å². The summed E-state index contributed by atoms with van der Waals surface area (Å²) >= 11 is 0. The van der Waals surface area contributed by atoms with Crippen molar-refractivity contribution >= 4 is 17.3 Å². The van der Waals surface area contributed by atoms with E-state index in [1.54, 1.807) is 0 Å². The fourth-order valence-corrected chi connectivity index (χ4v) is 1.31. The van der Waals surface area contributed by atoms with Crippen molar-refractivity contribution in [3.63, 3.8) is 0 Å². The first-order valence-corrected chi connectivity index (χ1v) is 5.77. The molecule has 0 fully saturated rings. The van der Waals surface area contributed by atoms with Crippen LogP contribution in [-0.4, -0.2) is 18.1 Å². The van der Waals surface area contributed by atoms with Crippen LogP contribution in [0, 0.1) is 5.82 Å². The van der Waals surface area contributed by atoms with Crippen molar-refractivity contribution in [3.05, 3.63) is 24.0 Å². The Morgan fingerprint density at radius 1 is 1.44 bits per heavy atom. The summed E-state index contributed by atoms with van der Waals surface area (Å²) in [7, 11) is 0. The lowest BCUT2D eigenvalue weighted by Crippen LogP contribution is -2.23. The van der Waals surface area contributed by atoms with E-state index in [2.05, 4.69) is 5.32 Å². The Kier molecular flexibility index (Phi) is 4.67. The van der Waals surface area contributed by atoms with Gasteiger partial charge in [-0.15, -0.1) is 0 Å². The monoisotopic (exact) mass is 254 g/mol. The average molecular weight is 254 g/mol. The van der Waals surface area contributed by atoms with Gasteiger partial charge < -0.3 is 15.8 Å². The number of nitrogens with one attached hydrogen (secondary N) is 1. The van der Waals surface area contributed by atoms with E-state index in [1.807, 2.05) is 20.8 Å². The standard InChI is InChI=1S/C13H19FN2O2/c1-13(2,3)18-7-6-12(17)16-11-5-4-9(14)8-10(11)15/h4-5,8H,6-7,15H2,1-3H3,(H,16,17). The number of hydrogen-bond donors (Lipinski definition) is 2. The molecule has 1 rings (SSSR count). The molecule has 18 heavy (non-hydrogen) atoms. The molecule has 0 aliphatic carbocycles. The number of nitrogens with two attached hydrogens (primary N) is 1. The van der Waals surface area contributed by atoms with Crippen LogP contribution >= 0.6 is 0 Å². The van der Waals surface area contributed by atoms with Gasteiger partial charge in [0.25, 0.3) is 0 Å². The zero-order chi connectivity index (χ0) is 13.8. The molecule has 0 aromatic heterocycles. The molecule has 0 radical (unpaired) electrons. The maximum Gasteiger partial charge on any atom is 0.226 e. The van der Waals surface area contributed by atoms with Crippen LogP contribution in [0.1, 0.15) is 27.2 Å². The molecule has 0 aliphatic heterocycles. The SMILES string of the molecule is CC(C)(C)OCCC(=O)Nc1ccc(F)cc1N. The maximum atomic E-state index is 12.8. The highest BCUT2D eigenvalue weighted by Crippen LogP contribution is 2.19. The van der Waals surface area contributed by atoms with Gasteiger partial charge in [0, 0.05) is 0 Å². The maximum absolute atomic E-state index is 12.8. The zero-order valence-corrected chi connectivity index (χ0v) is 10.9. The number of carbonyl (C=O) groups excluding carboxylic acids is 1. The van der Waals surface area contributed by atoms with Crippen molar-refractivity contribution in [2.45, 2.75) is 32.8 Å². The van der Waals surface area contributed by atoms with Gasteiger partial charge in [-0.25, -0.2) is 4.39 Å². The van der Waals surface area contributed by atoms with E-state index in [4.69, 9.17) is 10.5 Å². The number of anilines is 2. The minimum Gasteiger partial charge on any atom is -0.397 e. The lowest BCUT2D eigenvalue weighted by atomic mass is 10.2. The van der Waals surface area contributed by atoms with Crippen LogP contribution in [0.3, 0.4) is 0 Å². The van der Waals surface area contributed by atoms with Crippen molar-refractivity contribution in [2.24, 2.45) is 0 Å². The van der Waals surface area contributed by atoms with Gasteiger partial charge in [-0.05, 0) is 39.0 Å². The van der Waals surface area contributed by atoms with E-state index in [1.165, 1.54) is 18.2 Å². The van der Waals surface area contributed by atoms with Gasteiger partial charge in [0.1, 0.15) is 5.82 Å². The number of ether oxygens (including phenoxy) is 1. The third kappa shape index (κ3) is 5.14. The molecule has 4 nitrogen and oxygen atoms in total. The van der Waals surface area contributed by atoms with E-state index < -0.39 is 5.82 Å². The Labute approximate surface area is 106 Å². The molecule has 0 bridgehead atoms. The molecule has 1 amide bonds. The Balaban J connectivity index is 2.45. The smallest absolute Gasteiger partial charge is 0.226 e. The van der Waals surface area contributed by atoms with Crippen molar-refractivity contribution in [3.8, 4) is 0 Å². The second-order valence-corrected chi connectivity index (χ2v) is 4.99. The van der Waals surface area contributed by atoms with Crippen molar-refractivity contribution in [1.29, 1.82) is 0 Å². The summed E-state index contributed by atoms with van der Waals surface area (Å²) in [6.07, 6.45) is 0.230. The molecule has 5 heteroatoms. The zero-order valence-electron chi connectivity index (χ0n) is 10.9. The third-order valence-electron chi connectivity index (χ3n) is 2.15. The minimum absolute atomic E-state index is 0.208. The van der Waals surface area contributed by atoms with Crippen molar-refractivity contribution in [2.75, 3.05) is 17.7 Å². The van der Waals surface area contributed by atoms with E-state index in [0.29, 0.717) is 12.3 Å². The quantitative estimate of drug-likeness (QED) is 0.811. The summed E-state index contributed by atoms with van der Waals surface area (Å²) in [6.45, 7) is 6.09. The predicted octanol–water partition coefficient (Wildman–Crippen LogP) is 2.55. The highest BCUT2D eigenvalue weighted by atomic mass is 19.1. The second-order valence-electron chi connectivity index (χ2n) is 4.99. The number of amides is 1. The van der Waals surface area contributed by atoms with Crippen LogP contribution in [0.5, 0.6) is 0 Å². The van der Waals surface area contributed by atoms with Gasteiger partial charge in [0.05, 0.1) is 30.0 Å². The molecule has 0 saturated carbocycles. The van der Waals surface area contributed by atoms with Crippen molar-refractivity contribution in [1.82, 2.24) is 0 Å². The summed E-state index contributed by atoms with van der Waals surface area (Å²) < 4.78 is 18.2. The lowest BCUT2D eigenvalue weighted by molar-refractivity contribution is -0.118. The Bertz CT molecular complexity index is 427. The summed E-state index contributed by atoms with van der Waals surface area (Å²) in [5, 5.41) is 2.61. The molecule has 100 valence electrons. The molecule has 0 aliphatic rings. The summed E-state index contributed by atoms with van der Waals surface area (Å²) in [6, 6.07) is 3.85. The van der Waals surface area contributed by atoms with Gasteiger partial charge in [-0.2, -0.15) is 0 Å². The molecule has 0 saturated heterocycles. The molecular formula is C13H19FN2O2. The normalized spacial score (nSPS) is 11.3. The first-order valence-electron chi connectivity index (χ1n) is 5.77. The molecule has 0 unspecified atom stereocenters. The number of rotatable bonds is 4. The van der Waals surface area contributed by atoms with E-state index >= 15 is 0 Å². The van der Waals surface area contributed by atoms with Gasteiger partial charge in [0.15, 0.2) is 0 Å². The van der Waals surface area contributed by atoms with Gasteiger partial charge in [0.2, 0.25) is 5.91 Å². The first-order chi connectivity index (χ1) is 8.28. The van der Waals surface area contributed by atoms with Gasteiger partial charge >= 0.3 is 0 Å². The van der Waals surface area contributed by atoms with E-state index in [9.17, 15) is 9.18 Å². The largest absolute Gasteiger partial charge is 0.397 e. The fraction of sp³-hybridized carbons (Fsp3) is 0.462. The van der Waals surface area contributed by atoms with Gasteiger partial charge in [-0.1, -0.05) is 0 Å². The highest BCUT2D eigenvalue weighted by molar-refractivity contribution is 5.93. The fourth-order valence-electron chi connectivity index (χ4n) is 1.31. The molecule has 0 spiro atoms. The molecular weight excluding hydrogens is 235 g/mol. The summed E-state index contributed by atoms with van der Waals surface area (Å²) in [5.41, 5.74) is 5.94. The first kappa shape index (κ1) is 14.4. The molecule has 1 aromatic rings. The molecule has 3 N–H and O–H groups in total. The molecule has 0 heterocycles. The summed E-state index contributed by atoms with van der Waals surface area (Å²) in [5.74, 6) is -0.640. The summed E-state index contributed by atoms with van der Waals surface area (Å²) in [4.78, 5) is 11.6. The number of nitrogen functional groups attached to an aromatic ring is 1. The van der Waals surface area contributed by atoms with Crippen molar-refractivity contribution < 1.29 is 13.9 Å². The topological polar surface area (TPSA) is 64.3 Å². The van der Waals surface area contributed by atoms with Crippen LogP contribution in [0.25, 0.3) is 0 Å². The molecule has 0 atom stereocenters. The Hall–Kier alpha value is -1.62. The minimum atomic E-state index is -0.429. The van der Waals surface area contributed by atoms with Crippen LogP contribution in [-0.2, 0) is 9.53 Å². The highest BCUT2D eigenvalue weighted by Gasteiger charge is 2.11. The van der Waals surface area contributed by atoms with Crippen LogP contribution in [0.15, 0.2) is 18.2 Å². The van der Waals surface area contributed by atoms with E-state index in [0.717, 1.165) is 0 Å². The number of carbonyl (C=O) groups is 1. The number of hydrogen-bond acceptors (Lipinski definition) is 3. The number of benzene rings is 1. The van der Waals surface area contributed by atoms with E-state index in [-0.39, 0.29) is 23.6 Å². The van der Waals surface area contributed by atoms with Crippen LogP contribution < -0.4 is 11.1 Å². The Morgan fingerprint density at radius 2 is 2.11 bits per heavy atom. The Morgan fingerprint density at radius 3 is 2.67 bits per heavy atom. The predicted molar refractivity (Wildman–Crippen MR) is 69.8 cm³/mol.